The van der Waals surface area contributed by atoms with Gasteiger partial charge in [-0.05, 0) is 41.3 Å². The molecule has 0 N–H and O–H groups in total. The van der Waals surface area contributed by atoms with Crippen LogP contribution in [0.15, 0.2) is 78.0 Å². The average molecular weight is 432 g/mol. The summed E-state index contributed by atoms with van der Waals surface area (Å²) >= 11 is 0. The van der Waals surface area contributed by atoms with Crippen molar-refractivity contribution in [3.8, 4) is 5.75 Å². The smallest absolute Gasteiger partial charge is 0.387 e. The minimum Gasteiger partial charge on any atom is -0.433 e. The number of rotatable bonds is 9. The quantitative estimate of drug-likeness (QED) is 0.494. The molecule has 0 atom stereocenters. The normalized spacial score (nSPS) is 11.8. The van der Waals surface area contributed by atoms with E-state index in [4.69, 9.17) is 0 Å². The van der Waals surface area contributed by atoms with E-state index in [1.54, 1.807) is 24.5 Å². The third-order valence-electron chi connectivity index (χ3n) is 4.55. The Morgan fingerprint density at radius 2 is 1.60 bits per heavy atom. The van der Waals surface area contributed by atoms with Gasteiger partial charge in [0.1, 0.15) is 10.6 Å². The number of aromatic nitrogens is 1. The molecule has 0 radical (unpaired) electrons. The number of benzene rings is 2. The molecule has 1 aromatic heterocycles. The molecule has 30 heavy (non-hydrogen) atoms. The van der Waals surface area contributed by atoms with Crippen LogP contribution < -0.4 is 4.74 Å². The van der Waals surface area contributed by atoms with Crippen LogP contribution in [0.1, 0.15) is 23.6 Å². The summed E-state index contributed by atoms with van der Waals surface area (Å²) in [6.45, 7) is -0.984. The highest BCUT2D eigenvalue weighted by molar-refractivity contribution is 7.89. The van der Waals surface area contributed by atoms with Gasteiger partial charge in [0, 0.05) is 25.5 Å². The Balaban J connectivity index is 1.99. The van der Waals surface area contributed by atoms with E-state index in [9.17, 15) is 17.2 Å². The monoisotopic (exact) mass is 432 g/mol. The van der Waals surface area contributed by atoms with Crippen LogP contribution in [0.2, 0.25) is 0 Å². The van der Waals surface area contributed by atoms with Gasteiger partial charge in [0.2, 0.25) is 10.0 Å². The molecule has 5 nitrogen and oxygen atoms in total. The summed E-state index contributed by atoms with van der Waals surface area (Å²) in [7, 11) is -4.14. The first-order valence-corrected chi connectivity index (χ1v) is 10.8. The summed E-state index contributed by atoms with van der Waals surface area (Å²) in [6.07, 6.45) is 4.04. The molecule has 0 aliphatic carbocycles. The number of hydrogen-bond donors (Lipinski definition) is 0. The first kappa shape index (κ1) is 21.9. The number of nitrogens with zero attached hydrogens (tertiary/aromatic N) is 2. The summed E-state index contributed by atoms with van der Waals surface area (Å²) in [4.78, 5) is 3.73. The van der Waals surface area contributed by atoms with Crippen LogP contribution in [0.25, 0.3) is 0 Å². The van der Waals surface area contributed by atoms with E-state index in [1.807, 2.05) is 31.2 Å². The maximum Gasteiger partial charge on any atom is 0.387 e. The first-order valence-electron chi connectivity index (χ1n) is 9.41. The van der Waals surface area contributed by atoms with Crippen molar-refractivity contribution in [3.05, 3.63) is 89.7 Å². The molecular weight excluding hydrogens is 410 g/mol. The number of ether oxygens (including phenoxy) is 1. The molecule has 0 aliphatic heterocycles. The molecule has 0 bridgehead atoms. The van der Waals surface area contributed by atoms with E-state index in [0.717, 1.165) is 17.5 Å². The van der Waals surface area contributed by atoms with Gasteiger partial charge in [-0.3, -0.25) is 4.98 Å². The van der Waals surface area contributed by atoms with Crippen LogP contribution in [0.5, 0.6) is 5.75 Å². The number of hydrogen-bond acceptors (Lipinski definition) is 4. The third kappa shape index (κ3) is 5.40. The predicted octanol–water partition coefficient (Wildman–Crippen LogP) is 4.64. The van der Waals surface area contributed by atoms with E-state index in [1.165, 1.54) is 28.6 Å². The van der Waals surface area contributed by atoms with Gasteiger partial charge in [-0.15, -0.1) is 0 Å². The van der Waals surface area contributed by atoms with Gasteiger partial charge in [0.05, 0.1) is 0 Å². The van der Waals surface area contributed by atoms with Crippen molar-refractivity contribution >= 4 is 10.0 Å². The fourth-order valence-corrected chi connectivity index (χ4v) is 4.54. The molecule has 3 aromatic rings. The van der Waals surface area contributed by atoms with E-state index < -0.39 is 16.6 Å². The van der Waals surface area contributed by atoms with Crippen molar-refractivity contribution in [2.75, 3.05) is 0 Å². The molecule has 3 rings (SSSR count). The molecule has 0 saturated carbocycles. The highest BCUT2D eigenvalue weighted by Crippen LogP contribution is 2.30. The molecule has 0 fully saturated rings. The zero-order valence-corrected chi connectivity index (χ0v) is 17.2. The zero-order valence-electron chi connectivity index (χ0n) is 16.4. The van der Waals surface area contributed by atoms with Crippen LogP contribution >= 0.6 is 0 Å². The number of aryl methyl sites for hydroxylation is 1. The minimum atomic E-state index is -4.14. The zero-order chi connectivity index (χ0) is 21.6. The van der Waals surface area contributed by atoms with Gasteiger partial charge < -0.3 is 4.74 Å². The summed E-state index contributed by atoms with van der Waals surface area (Å²) in [5.74, 6) is -0.384. The number of alkyl halides is 2. The first-order chi connectivity index (χ1) is 14.4. The molecule has 0 amide bonds. The summed E-state index contributed by atoms with van der Waals surface area (Å²) < 4.78 is 58.2. The van der Waals surface area contributed by atoms with E-state index in [2.05, 4.69) is 9.72 Å². The Morgan fingerprint density at radius 1 is 0.933 bits per heavy atom. The fraction of sp³-hybridized carbons (Fsp3) is 0.227. The van der Waals surface area contributed by atoms with Gasteiger partial charge >= 0.3 is 6.61 Å². The Bertz CT molecular complexity index is 1060. The van der Waals surface area contributed by atoms with Gasteiger partial charge in [-0.25, -0.2) is 8.42 Å². The molecule has 1 heterocycles. The summed E-state index contributed by atoms with van der Waals surface area (Å²) in [5, 5.41) is 0. The van der Waals surface area contributed by atoms with Gasteiger partial charge in [-0.2, -0.15) is 13.1 Å². The highest BCUT2D eigenvalue weighted by atomic mass is 32.2. The summed E-state index contributed by atoms with van der Waals surface area (Å²) in [6, 6.07) is 16.5. The third-order valence-corrected chi connectivity index (χ3v) is 6.39. The lowest BCUT2D eigenvalue weighted by molar-refractivity contribution is -0.0518. The van der Waals surface area contributed by atoms with Crippen molar-refractivity contribution in [1.29, 1.82) is 0 Å². The van der Waals surface area contributed by atoms with Crippen molar-refractivity contribution in [2.24, 2.45) is 0 Å². The lowest BCUT2D eigenvalue weighted by Gasteiger charge is -2.23. The Kier molecular flexibility index (Phi) is 7.12. The largest absolute Gasteiger partial charge is 0.433 e. The standard InChI is InChI=1S/C22H22F2N2O3S/c1-2-17-9-11-18(12-10-17)15-26(16-19-6-5-13-25-14-19)30(27,28)21-8-4-3-7-20(21)29-22(23)24/h3-14,22H,2,15-16H2,1H3. The number of sulfonamides is 1. The van der Waals surface area contributed by atoms with Crippen molar-refractivity contribution in [2.45, 2.75) is 37.9 Å². The highest BCUT2D eigenvalue weighted by Gasteiger charge is 2.29. The molecule has 0 spiro atoms. The van der Waals surface area contributed by atoms with Crippen LogP contribution in [0.3, 0.4) is 0 Å². The Hall–Kier alpha value is -2.84. The van der Waals surface area contributed by atoms with E-state index >= 15 is 0 Å². The Morgan fingerprint density at radius 3 is 2.23 bits per heavy atom. The van der Waals surface area contributed by atoms with Crippen LogP contribution in [0.4, 0.5) is 8.78 Å². The second kappa shape index (κ2) is 9.77. The van der Waals surface area contributed by atoms with Gasteiger partial charge in [-0.1, -0.05) is 49.4 Å². The van der Waals surface area contributed by atoms with Crippen LogP contribution in [0, 0.1) is 0 Å². The molecule has 8 heteroatoms. The maximum atomic E-state index is 13.4. The fourth-order valence-electron chi connectivity index (χ4n) is 3.00. The number of pyridine rings is 1. The van der Waals surface area contributed by atoms with Crippen LogP contribution in [-0.4, -0.2) is 24.3 Å². The van der Waals surface area contributed by atoms with Crippen molar-refractivity contribution in [1.82, 2.24) is 9.29 Å². The lowest BCUT2D eigenvalue weighted by Crippen LogP contribution is -2.31. The molecule has 0 unspecified atom stereocenters. The van der Waals surface area contributed by atoms with Crippen molar-refractivity contribution < 1.29 is 21.9 Å². The van der Waals surface area contributed by atoms with Gasteiger partial charge in [0.25, 0.3) is 0 Å². The molecular formula is C22H22F2N2O3S. The molecule has 2 aromatic carbocycles. The second-order valence-electron chi connectivity index (χ2n) is 6.63. The van der Waals surface area contributed by atoms with Crippen LogP contribution in [-0.2, 0) is 29.5 Å². The molecule has 0 saturated heterocycles. The minimum absolute atomic E-state index is 0.0364. The molecule has 0 aliphatic rings. The van der Waals surface area contributed by atoms with E-state index in [-0.39, 0.29) is 23.7 Å². The Labute approximate surface area is 175 Å². The van der Waals surface area contributed by atoms with Gasteiger partial charge in [0.15, 0.2) is 0 Å². The SMILES string of the molecule is CCc1ccc(CN(Cc2cccnc2)S(=O)(=O)c2ccccc2OC(F)F)cc1. The number of para-hydroxylation sites is 1. The number of halogens is 2. The lowest BCUT2D eigenvalue weighted by atomic mass is 10.1. The second-order valence-corrected chi connectivity index (χ2v) is 8.54. The average Bonchev–Trinajstić information content (AvgIpc) is 2.74. The molecule has 158 valence electrons. The topological polar surface area (TPSA) is 59.5 Å². The van der Waals surface area contributed by atoms with E-state index in [0.29, 0.717) is 5.56 Å². The van der Waals surface area contributed by atoms with Crippen molar-refractivity contribution in [3.63, 3.8) is 0 Å². The summed E-state index contributed by atoms with van der Waals surface area (Å²) in [5.41, 5.74) is 2.60. The predicted molar refractivity (Wildman–Crippen MR) is 110 cm³/mol. The maximum absolute atomic E-state index is 13.4.